The minimum atomic E-state index is -0.389. The first-order valence-electron chi connectivity index (χ1n) is 6.91. The van der Waals surface area contributed by atoms with Crippen LogP contribution >= 0.6 is 0 Å². The van der Waals surface area contributed by atoms with Crippen LogP contribution in [0.2, 0.25) is 0 Å². The number of carbonyl (C=O) groups excluding carboxylic acids is 1. The summed E-state index contributed by atoms with van der Waals surface area (Å²) in [5, 5.41) is 0. The van der Waals surface area contributed by atoms with Gasteiger partial charge in [-0.3, -0.25) is 15.1 Å². The van der Waals surface area contributed by atoms with Crippen LogP contribution in [0.3, 0.4) is 0 Å². The Morgan fingerprint density at radius 1 is 1.55 bits per heavy atom. The van der Waals surface area contributed by atoms with Gasteiger partial charge in [0.15, 0.2) is 5.76 Å². The maximum atomic E-state index is 11.5. The first kappa shape index (κ1) is 15.0. The largest absolute Gasteiger partial charge is 0.456 e. The molecule has 1 amide bonds. The van der Waals surface area contributed by atoms with Gasteiger partial charge >= 0.3 is 5.91 Å². The number of nitrogens with two attached hydrogens (primary N) is 1. The maximum Gasteiger partial charge on any atom is 0.300 e. The monoisotopic (exact) mass is 280 g/mol. The standard InChI is InChI=1S/C14H24N4O2/c1-9-6-18(8-12(9)17(3)4)7-11-5-13(14(19)16-15)20-10(11)2/h5,9,12H,6-8,15H2,1-4H3,(H,16,19). The van der Waals surface area contributed by atoms with Gasteiger partial charge in [-0.1, -0.05) is 6.92 Å². The van der Waals surface area contributed by atoms with E-state index in [1.165, 1.54) is 0 Å². The van der Waals surface area contributed by atoms with Crippen molar-refractivity contribution in [2.75, 3.05) is 27.2 Å². The number of nitrogens with zero attached hydrogens (tertiary/aromatic N) is 2. The Morgan fingerprint density at radius 2 is 2.25 bits per heavy atom. The highest BCUT2D eigenvalue weighted by Crippen LogP contribution is 2.24. The zero-order valence-electron chi connectivity index (χ0n) is 12.6. The van der Waals surface area contributed by atoms with E-state index in [-0.39, 0.29) is 11.7 Å². The predicted molar refractivity (Wildman–Crippen MR) is 77.0 cm³/mol. The summed E-state index contributed by atoms with van der Waals surface area (Å²) in [5.74, 6) is 6.43. The van der Waals surface area contributed by atoms with Crippen molar-refractivity contribution in [1.29, 1.82) is 0 Å². The summed E-state index contributed by atoms with van der Waals surface area (Å²) in [6, 6.07) is 2.36. The Morgan fingerprint density at radius 3 is 2.80 bits per heavy atom. The Balaban J connectivity index is 2.04. The highest BCUT2D eigenvalue weighted by molar-refractivity contribution is 5.91. The van der Waals surface area contributed by atoms with Crippen molar-refractivity contribution < 1.29 is 9.21 Å². The molecule has 1 aromatic rings. The molecule has 0 saturated carbocycles. The van der Waals surface area contributed by atoms with Gasteiger partial charge in [0, 0.05) is 31.2 Å². The van der Waals surface area contributed by atoms with Gasteiger partial charge in [0.1, 0.15) is 5.76 Å². The number of hydrogen-bond donors (Lipinski definition) is 2. The third-order valence-corrected chi connectivity index (χ3v) is 4.08. The first-order valence-corrected chi connectivity index (χ1v) is 6.91. The lowest BCUT2D eigenvalue weighted by atomic mass is 10.1. The summed E-state index contributed by atoms with van der Waals surface area (Å²) < 4.78 is 5.45. The van der Waals surface area contributed by atoms with Crippen LogP contribution in [0.5, 0.6) is 0 Å². The van der Waals surface area contributed by atoms with Gasteiger partial charge in [-0.25, -0.2) is 5.84 Å². The van der Waals surface area contributed by atoms with E-state index >= 15 is 0 Å². The Bertz CT molecular complexity index is 484. The topological polar surface area (TPSA) is 74.7 Å². The molecular weight excluding hydrogens is 256 g/mol. The fraction of sp³-hybridized carbons (Fsp3) is 0.643. The highest BCUT2D eigenvalue weighted by Gasteiger charge is 2.31. The normalized spacial score (nSPS) is 23.5. The molecule has 1 aliphatic rings. The molecule has 112 valence electrons. The number of nitrogen functional groups attached to an aromatic ring is 1. The second-order valence-electron chi connectivity index (χ2n) is 5.87. The van der Waals surface area contributed by atoms with Crippen molar-refractivity contribution in [3.8, 4) is 0 Å². The minimum Gasteiger partial charge on any atom is -0.456 e. The lowest BCUT2D eigenvalue weighted by molar-refractivity contribution is 0.0924. The second-order valence-corrected chi connectivity index (χ2v) is 5.87. The third-order valence-electron chi connectivity index (χ3n) is 4.08. The van der Waals surface area contributed by atoms with Gasteiger partial charge in [0.2, 0.25) is 0 Å². The summed E-state index contributed by atoms with van der Waals surface area (Å²) >= 11 is 0. The molecule has 3 N–H and O–H groups in total. The average Bonchev–Trinajstić information content (AvgIpc) is 2.93. The van der Waals surface area contributed by atoms with E-state index in [9.17, 15) is 4.79 Å². The van der Waals surface area contributed by atoms with Crippen molar-refractivity contribution in [2.45, 2.75) is 26.4 Å². The quantitative estimate of drug-likeness (QED) is 0.479. The number of aryl methyl sites for hydroxylation is 1. The Hall–Kier alpha value is -1.37. The lowest BCUT2D eigenvalue weighted by Crippen LogP contribution is -2.34. The number of likely N-dealkylation sites (N-methyl/N-ethyl adjacent to an activating group) is 1. The molecular formula is C14H24N4O2. The van der Waals surface area contributed by atoms with Crippen molar-refractivity contribution in [3.63, 3.8) is 0 Å². The molecule has 2 heterocycles. The predicted octanol–water partition coefficient (Wildman–Crippen LogP) is 0.573. The van der Waals surface area contributed by atoms with Gasteiger partial charge in [0.05, 0.1) is 0 Å². The van der Waals surface area contributed by atoms with Crippen LogP contribution in [0.1, 0.15) is 28.8 Å². The molecule has 2 rings (SSSR count). The third kappa shape index (κ3) is 3.03. The number of carbonyl (C=O) groups is 1. The van der Waals surface area contributed by atoms with E-state index in [0.29, 0.717) is 12.0 Å². The molecule has 1 saturated heterocycles. The zero-order valence-corrected chi connectivity index (χ0v) is 12.6. The SMILES string of the molecule is Cc1oc(C(=O)NN)cc1CN1CC(C)C(N(C)C)C1. The Kier molecular flexibility index (Phi) is 4.47. The fourth-order valence-electron chi connectivity index (χ4n) is 2.95. The first-order chi connectivity index (χ1) is 9.42. The summed E-state index contributed by atoms with van der Waals surface area (Å²) in [6.07, 6.45) is 0. The van der Waals surface area contributed by atoms with Gasteiger partial charge < -0.3 is 9.32 Å². The van der Waals surface area contributed by atoms with Gasteiger partial charge in [-0.2, -0.15) is 0 Å². The number of nitrogens with one attached hydrogen (secondary N) is 1. The number of rotatable bonds is 4. The fourth-order valence-corrected chi connectivity index (χ4v) is 2.95. The summed E-state index contributed by atoms with van der Waals surface area (Å²) in [7, 11) is 4.24. The molecule has 1 aromatic heterocycles. The molecule has 2 unspecified atom stereocenters. The molecule has 0 aliphatic carbocycles. The summed E-state index contributed by atoms with van der Waals surface area (Å²) in [4.78, 5) is 16.1. The van der Waals surface area contributed by atoms with E-state index in [4.69, 9.17) is 10.3 Å². The molecule has 20 heavy (non-hydrogen) atoms. The van der Waals surface area contributed by atoms with Crippen LogP contribution in [-0.4, -0.2) is 48.9 Å². The van der Waals surface area contributed by atoms with E-state index in [0.717, 1.165) is 31.0 Å². The molecule has 6 nitrogen and oxygen atoms in total. The smallest absolute Gasteiger partial charge is 0.300 e. The Labute approximate surface area is 119 Å². The molecule has 0 spiro atoms. The van der Waals surface area contributed by atoms with Crippen LogP contribution in [0.15, 0.2) is 10.5 Å². The summed E-state index contributed by atoms with van der Waals surface area (Å²) in [5.41, 5.74) is 3.14. The molecule has 0 radical (unpaired) electrons. The second kappa shape index (κ2) is 5.95. The van der Waals surface area contributed by atoms with E-state index < -0.39 is 0 Å². The van der Waals surface area contributed by atoms with Crippen LogP contribution in [0.4, 0.5) is 0 Å². The van der Waals surface area contributed by atoms with Gasteiger partial charge in [-0.15, -0.1) is 0 Å². The molecule has 6 heteroatoms. The van der Waals surface area contributed by atoms with Gasteiger partial charge in [0.25, 0.3) is 0 Å². The molecule has 2 atom stereocenters. The number of likely N-dealkylation sites (tertiary alicyclic amines) is 1. The highest BCUT2D eigenvalue weighted by atomic mass is 16.4. The van der Waals surface area contributed by atoms with Crippen molar-refractivity contribution >= 4 is 5.91 Å². The average molecular weight is 280 g/mol. The molecule has 0 aromatic carbocycles. The van der Waals surface area contributed by atoms with Crippen molar-refractivity contribution in [2.24, 2.45) is 11.8 Å². The van der Waals surface area contributed by atoms with E-state index in [1.54, 1.807) is 6.07 Å². The molecule has 1 fully saturated rings. The van der Waals surface area contributed by atoms with Crippen molar-refractivity contribution in [1.82, 2.24) is 15.2 Å². The van der Waals surface area contributed by atoms with Crippen LogP contribution in [-0.2, 0) is 6.54 Å². The summed E-state index contributed by atoms with van der Waals surface area (Å²) in [6.45, 7) is 7.07. The van der Waals surface area contributed by atoms with Gasteiger partial charge in [-0.05, 0) is 33.0 Å². The zero-order chi connectivity index (χ0) is 14.9. The van der Waals surface area contributed by atoms with Crippen LogP contribution in [0.25, 0.3) is 0 Å². The lowest BCUT2D eigenvalue weighted by Gasteiger charge is -2.22. The molecule has 1 aliphatic heterocycles. The van der Waals surface area contributed by atoms with E-state index in [1.807, 2.05) is 6.92 Å². The number of furan rings is 1. The number of hydrazine groups is 1. The van der Waals surface area contributed by atoms with Crippen molar-refractivity contribution in [3.05, 3.63) is 23.2 Å². The maximum absolute atomic E-state index is 11.5. The number of amides is 1. The number of hydrogen-bond acceptors (Lipinski definition) is 5. The van der Waals surface area contributed by atoms with Crippen LogP contribution < -0.4 is 11.3 Å². The van der Waals surface area contributed by atoms with E-state index in [2.05, 4.69) is 36.2 Å². The van der Waals surface area contributed by atoms with Crippen LogP contribution in [0, 0.1) is 12.8 Å². The molecule has 0 bridgehead atoms. The minimum absolute atomic E-state index is 0.274.